The molecule has 0 bridgehead atoms. The molecule has 0 fully saturated rings. The molecule has 0 radical (unpaired) electrons. The highest BCUT2D eigenvalue weighted by atomic mass is 32.2. The van der Waals surface area contributed by atoms with E-state index in [2.05, 4.69) is 25.6 Å². The van der Waals surface area contributed by atoms with Crippen LogP contribution in [0.5, 0.6) is 11.6 Å². The number of amides is 1. The molecule has 3 aromatic rings. The molecule has 0 aliphatic carbocycles. The molecule has 0 spiro atoms. The number of benzene rings is 1. The van der Waals surface area contributed by atoms with E-state index >= 15 is 0 Å². The van der Waals surface area contributed by atoms with Crippen LogP contribution in [0.2, 0.25) is 0 Å². The van der Waals surface area contributed by atoms with Gasteiger partial charge >= 0.3 is 0 Å². The number of methoxy groups -OCH3 is 1. The zero-order chi connectivity index (χ0) is 23.1. The predicted molar refractivity (Wildman–Crippen MR) is 119 cm³/mol. The lowest BCUT2D eigenvalue weighted by Gasteiger charge is -2.16. The van der Waals surface area contributed by atoms with E-state index in [0.717, 1.165) is 6.26 Å². The third kappa shape index (κ3) is 6.46. The summed E-state index contributed by atoms with van der Waals surface area (Å²) in [5, 5.41) is 5.82. The lowest BCUT2D eigenvalue weighted by Crippen LogP contribution is -2.22. The Bertz CT molecular complexity index is 1170. The fraction of sp³-hybridized carbons (Fsp3) is 0.238. The number of pyridine rings is 1. The molecule has 168 valence electrons. The molecule has 0 saturated heterocycles. The van der Waals surface area contributed by atoms with Crippen LogP contribution < -0.4 is 15.4 Å². The van der Waals surface area contributed by atoms with Gasteiger partial charge in [-0.15, -0.1) is 0 Å². The average molecular weight is 458 g/mol. The van der Waals surface area contributed by atoms with Gasteiger partial charge in [-0.1, -0.05) is 0 Å². The van der Waals surface area contributed by atoms with Crippen molar-refractivity contribution >= 4 is 27.4 Å². The van der Waals surface area contributed by atoms with E-state index < -0.39 is 15.7 Å². The molecule has 0 saturated carbocycles. The van der Waals surface area contributed by atoms with E-state index in [1.807, 2.05) is 6.92 Å². The summed E-state index contributed by atoms with van der Waals surface area (Å²) >= 11 is 0. The number of hydrogen-bond donors (Lipinski definition) is 2. The van der Waals surface area contributed by atoms with Crippen LogP contribution in [0.3, 0.4) is 0 Å². The first-order valence-electron chi connectivity index (χ1n) is 9.57. The van der Waals surface area contributed by atoms with Gasteiger partial charge in [0.1, 0.15) is 11.6 Å². The number of nitrogens with one attached hydrogen (secondary N) is 2. The van der Waals surface area contributed by atoms with Crippen LogP contribution in [-0.2, 0) is 14.6 Å². The first-order chi connectivity index (χ1) is 15.2. The Morgan fingerprint density at radius 1 is 1.12 bits per heavy atom. The smallest absolute Gasteiger partial charge is 0.257 e. The van der Waals surface area contributed by atoms with E-state index in [4.69, 9.17) is 9.47 Å². The number of anilines is 2. The molecule has 2 aromatic heterocycles. The molecule has 1 atom stereocenters. The maximum absolute atomic E-state index is 12.8. The van der Waals surface area contributed by atoms with Crippen molar-refractivity contribution in [3.63, 3.8) is 0 Å². The minimum atomic E-state index is -3.32. The second-order valence-electron chi connectivity index (χ2n) is 6.97. The molecular formula is C21H23N5O5S. The summed E-state index contributed by atoms with van der Waals surface area (Å²) < 4.78 is 34.2. The Morgan fingerprint density at radius 2 is 1.88 bits per heavy atom. The quantitative estimate of drug-likeness (QED) is 0.497. The highest BCUT2D eigenvalue weighted by molar-refractivity contribution is 7.90. The second-order valence-corrected chi connectivity index (χ2v) is 8.99. The van der Waals surface area contributed by atoms with Gasteiger partial charge in [0.25, 0.3) is 5.91 Å². The number of sulfone groups is 1. The molecule has 2 N–H and O–H groups in total. The van der Waals surface area contributed by atoms with Gasteiger partial charge in [0.05, 0.1) is 17.7 Å². The number of rotatable bonds is 9. The molecule has 3 rings (SSSR count). The van der Waals surface area contributed by atoms with E-state index in [0.29, 0.717) is 24.0 Å². The number of aromatic nitrogens is 3. The summed E-state index contributed by atoms with van der Waals surface area (Å²) in [5.74, 6) is 0.801. The third-order valence-electron chi connectivity index (χ3n) is 4.15. The molecule has 10 nitrogen and oxygen atoms in total. The zero-order valence-electron chi connectivity index (χ0n) is 17.8. The summed E-state index contributed by atoms with van der Waals surface area (Å²) in [6, 6.07) is 8.90. The van der Waals surface area contributed by atoms with Crippen LogP contribution in [0.15, 0.2) is 59.9 Å². The van der Waals surface area contributed by atoms with E-state index in [-0.39, 0.29) is 22.4 Å². The summed E-state index contributed by atoms with van der Waals surface area (Å²) in [4.78, 5) is 25.3. The van der Waals surface area contributed by atoms with Gasteiger partial charge in [-0.05, 0) is 37.3 Å². The highest BCUT2D eigenvalue weighted by Crippen LogP contribution is 2.25. The van der Waals surface area contributed by atoms with Gasteiger partial charge < -0.3 is 20.1 Å². The lowest BCUT2D eigenvalue weighted by molar-refractivity contribution is 0.102. The molecule has 0 aliphatic rings. The first-order valence-corrected chi connectivity index (χ1v) is 11.5. The molecule has 1 unspecified atom stereocenters. The number of hydrogen-bond acceptors (Lipinski definition) is 9. The van der Waals surface area contributed by atoms with Crippen LogP contribution in [0.1, 0.15) is 17.3 Å². The van der Waals surface area contributed by atoms with Crippen LogP contribution in [0, 0.1) is 0 Å². The van der Waals surface area contributed by atoms with Gasteiger partial charge in [-0.3, -0.25) is 9.78 Å². The van der Waals surface area contributed by atoms with Crippen molar-refractivity contribution in [2.24, 2.45) is 0 Å². The lowest BCUT2D eigenvalue weighted by atomic mass is 10.2. The van der Waals surface area contributed by atoms with Gasteiger partial charge in [0.15, 0.2) is 15.7 Å². The van der Waals surface area contributed by atoms with Crippen molar-refractivity contribution in [2.75, 3.05) is 30.6 Å². The first kappa shape index (κ1) is 23.1. The fourth-order valence-electron chi connectivity index (χ4n) is 2.73. The minimum absolute atomic E-state index is 0.0762. The van der Waals surface area contributed by atoms with E-state index in [1.54, 1.807) is 13.2 Å². The summed E-state index contributed by atoms with van der Waals surface area (Å²) in [7, 11) is -1.73. The summed E-state index contributed by atoms with van der Waals surface area (Å²) in [6.45, 7) is 2.34. The van der Waals surface area contributed by atoms with E-state index in [9.17, 15) is 13.2 Å². The number of carbonyl (C=O) groups excluding carboxylic acids is 1. The summed E-state index contributed by atoms with van der Waals surface area (Å²) in [5.41, 5.74) is 0.278. The van der Waals surface area contributed by atoms with Crippen LogP contribution in [0.25, 0.3) is 0 Å². The monoisotopic (exact) mass is 457 g/mol. The highest BCUT2D eigenvalue weighted by Gasteiger charge is 2.14. The minimum Gasteiger partial charge on any atom is -0.439 e. The molecule has 0 aliphatic heterocycles. The second kappa shape index (κ2) is 10.2. The topological polar surface area (TPSA) is 132 Å². The summed E-state index contributed by atoms with van der Waals surface area (Å²) in [6.07, 6.45) is 5.53. The maximum Gasteiger partial charge on any atom is 0.257 e. The molecule has 2 heterocycles. The van der Waals surface area contributed by atoms with Crippen molar-refractivity contribution in [1.82, 2.24) is 15.0 Å². The predicted octanol–water partition coefficient (Wildman–Crippen LogP) is 2.77. The van der Waals surface area contributed by atoms with Crippen molar-refractivity contribution in [3.8, 4) is 11.6 Å². The van der Waals surface area contributed by atoms with Crippen LogP contribution in [0.4, 0.5) is 11.6 Å². The van der Waals surface area contributed by atoms with E-state index in [1.165, 1.54) is 48.9 Å². The Morgan fingerprint density at radius 3 is 2.50 bits per heavy atom. The molecular weight excluding hydrogens is 434 g/mol. The third-order valence-corrected chi connectivity index (χ3v) is 5.28. The fourth-order valence-corrected chi connectivity index (χ4v) is 3.36. The Labute approximate surface area is 186 Å². The van der Waals surface area contributed by atoms with Crippen molar-refractivity contribution in [2.45, 2.75) is 17.9 Å². The molecule has 1 amide bonds. The largest absolute Gasteiger partial charge is 0.439 e. The van der Waals surface area contributed by atoms with Crippen molar-refractivity contribution in [3.05, 3.63) is 60.6 Å². The zero-order valence-corrected chi connectivity index (χ0v) is 18.6. The number of carbonyl (C=O) groups is 1. The SMILES string of the molecule is COCC(C)Nc1cc(C(=O)Nc2cnccn2)cc(Oc2ccc(S(C)(=O)=O)cc2)n1. The molecule has 32 heavy (non-hydrogen) atoms. The van der Waals surface area contributed by atoms with Crippen LogP contribution >= 0.6 is 0 Å². The molecule has 11 heteroatoms. The van der Waals surface area contributed by atoms with Gasteiger partial charge in [0, 0.05) is 43.4 Å². The van der Waals surface area contributed by atoms with Crippen LogP contribution in [-0.4, -0.2) is 55.3 Å². The number of ether oxygens (including phenoxy) is 2. The Hall–Kier alpha value is -3.57. The van der Waals surface area contributed by atoms with Gasteiger partial charge in [-0.25, -0.2) is 13.4 Å². The average Bonchev–Trinajstić information content (AvgIpc) is 2.74. The van der Waals surface area contributed by atoms with Gasteiger partial charge in [-0.2, -0.15) is 4.98 Å². The number of nitrogens with zero attached hydrogens (tertiary/aromatic N) is 3. The Balaban J connectivity index is 1.88. The molecule has 1 aromatic carbocycles. The maximum atomic E-state index is 12.8. The normalized spacial score (nSPS) is 12.1. The standard InChI is InChI=1S/C21H23N5O5S/c1-14(13-30-2)24-18-10-15(21(27)26-19-12-22-8-9-23-19)11-20(25-18)31-16-4-6-17(7-5-16)32(3,28)29/h4-12,14H,13H2,1-3H3,(H,24,25)(H,23,26,27). The Kier molecular flexibility index (Phi) is 7.33. The van der Waals surface area contributed by atoms with Gasteiger partial charge in [0.2, 0.25) is 5.88 Å². The van der Waals surface area contributed by atoms with Crippen molar-refractivity contribution < 1.29 is 22.7 Å². The van der Waals surface area contributed by atoms with Crippen molar-refractivity contribution in [1.29, 1.82) is 0 Å².